The van der Waals surface area contributed by atoms with E-state index in [-0.39, 0.29) is 0 Å². The van der Waals surface area contributed by atoms with Gasteiger partial charge < -0.3 is 20.4 Å². The number of rotatable bonds is 4. The topological polar surface area (TPSA) is 98.0 Å². The molecule has 0 saturated heterocycles. The molecule has 5 heteroatoms. The first-order chi connectivity index (χ1) is 5.00. The maximum atomic E-state index is 10.4. The minimum Gasteiger partial charge on any atom is -0.394 e. The van der Waals surface area contributed by atoms with Gasteiger partial charge in [-0.15, -0.1) is 0 Å². The number of aliphatic hydroxyl groups is 4. The maximum Gasteiger partial charge on any atom is 0.160 e. The van der Waals surface area contributed by atoms with E-state index in [1.807, 2.05) is 0 Å². The molecule has 0 saturated carbocycles. The van der Waals surface area contributed by atoms with Crippen molar-refractivity contribution >= 4 is 5.78 Å². The van der Waals surface area contributed by atoms with Crippen molar-refractivity contribution in [2.24, 2.45) is 0 Å². The molecular weight excluding hydrogens is 152 g/mol. The van der Waals surface area contributed by atoms with Crippen LogP contribution >= 0.6 is 0 Å². The molecular formula is C6H12O5. The van der Waals surface area contributed by atoms with Gasteiger partial charge in [-0.25, -0.2) is 0 Å². The van der Waals surface area contributed by atoms with Crippen LogP contribution in [0.4, 0.5) is 0 Å². The van der Waals surface area contributed by atoms with E-state index in [1.165, 1.54) is 0 Å². The standard InChI is InChI=1S/C6H12O5/c1-3(8)5(10)6(11)4(9)2-7/h4-7,9-11H,2H2,1H3. The van der Waals surface area contributed by atoms with Crippen molar-refractivity contribution in [2.45, 2.75) is 25.2 Å². The third-order valence-electron chi connectivity index (χ3n) is 1.32. The van der Waals surface area contributed by atoms with Crippen LogP contribution in [0.1, 0.15) is 6.92 Å². The van der Waals surface area contributed by atoms with Gasteiger partial charge in [0.15, 0.2) is 5.78 Å². The van der Waals surface area contributed by atoms with Gasteiger partial charge in [-0.2, -0.15) is 0 Å². The summed E-state index contributed by atoms with van der Waals surface area (Å²) in [6.07, 6.45) is -4.72. The summed E-state index contributed by atoms with van der Waals surface area (Å²) < 4.78 is 0. The minimum atomic E-state index is -1.63. The molecule has 0 spiro atoms. The van der Waals surface area contributed by atoms with Crippen LogP contribution in [0.25, 0.3) is 0 Å². The Kier molecular flexibility index (Phi) is 4.20. The predicted octanol–water partition coefficient (Wildman–Crippen LogP) is -2.35. The Bertz CT molecular complexity index is 135. The molecule has 4 N–H and O–H groups in total. The van der Waals surface area contributed by atoms with Crippen molar-refractivity contribution < 1.29 is 25.2 Å². The summed E-state index contributed by atoms with van der Waals surface area (Å²) in [5, 5.41) is 34.7. The Morgan fingerprint density at radius 1 is 1.36 bits per heavy atom. The molecule has 0 aromatic rings. The summed E-state index contributed by atoms with van der Waals surface area (Å²) in [6.45, 7) is 0.392. The van der Waals surface area contributed by atoms with Gasteiger partial charge in [0, 0.05) is 0 Å². The summed E-state index contributed by atoms with van der Waals surface area (Å²) >= 11 is 0. The molecule has 5 nitrogen and oxygen atoms in total. The van der Waals surface area contributed by atoms with Crippen LogP contribution in [0, 0.1) is 0 Å². The highest BCUT2D eigenvalue weighted by Crippen LogP contribution is 2.00. The highest BCUT2D eigenvalue weighted by molar-refractivity contribution is 5.80. The van der Waals surface area contributed by atoms with Gasteiger partial charge in [0.05, 0.1) is 6.61 Å². The average Bonchev–Trinajstić information content (AvgIpc) is 2.00. The molecule has 0 bridgehead atoms. The zero-order valence-electron chi connectivity index (χ0n) is 6.14. The number of carbonyl (C=O) groups is 1. The zero-order chi connectivity index (χ0) is 9.02. The van der Waals surface area contributed by atoms with E-state index in [0.29, 0.717) is 0 Å². The average molecular weight is 164 g/mol. The van der Waals surface area contributed by atoms with Crippen LogP contribution in [0.15, 0.2) is 0 Å². The lowest BCUT2D eigenvalue weighted by Crippen LogP contribution is -2.42. The van der Waals surface area contributed by atoms with Crippen molar-refractivity contribution in [2.75, 3.05) is 6.61 Å². The molecule has 0 aliphatic heterocycles. The molecule has 11 heavy (non-hydrogen) atoms. The van der Waals surface area contributed by atoms with Crippen LogP contribution in [-0.4, -0.2) is 51.1 Å². The molecule has 66 valence electrons. The van der Waals surface area contributed by atoms with E-state index >= 15 is 0 Å². The molecule has 0 aliphatic carbocycles. The van der Waals surface area contributed by atoms with E-state index in [2.05, 4.69) is 0 Å². The fourth-order valence-corrected chi connectivity index (χ4v) is 0.559. The first-order valence-electron chi connectivity index (χ1n) is 3.16. The number of hydrogen-bond acceptors (Lipinski definition) is 5. The van der Waals surface area contributed by atoms with Gasteiger partial charge in [-0.3, -0.25) is 4.79 Å². The molecule has 0 fully saturated rings. The van der Waals surface area contributed by atoms with Gasteiger partial charge in [-0.1, -0.05) is 0 Å². The second-order valence-electron chi connectivity index (χ2n) is 2.30. The molecule has 0 aromatic heterocycles. The van der Waals surface area contributed by atoms with Crippen molar-refractivity contribution in [3.63, 3.8) is 0 Å². The number of carbonyl (C=O) groups excluding carboxylic acids is 1. The van der Waals surface area contributed by atoms with Gasteiger partial charge in [0.25, 0.3) is 0 Å². The molecule has 0 aliphatic rings. The summed E-state index contributed by atoms with van der Waals surface area (Å²) in [4.78, 5) is 10.4. The number of aliphatic hydroxyl groups excluding tert-OH is 4. The van der Waals surface area contributed by atoms with Crippen LogP contribution in [-0.2, 0) is 4.79 Å². The van der Waals surface area contributed by atoms with Crippen molar-refractivity contribution in [3.05, 3.63) is 0 Å². The summed E-state index contributed by atoms with van der Waals surface area (Å²) in [5.41, 5.74) is 0. The van der Waals surface area contributed by atoms with Crippen molar-refractivity contribution in [1.29, 1.82) is 0 Å². The van der Waals surface area contributed by atoms with E-state index in [1.54, 1.807) is 0 Å². The molecule has 0 heterocycles. The lowest BCUT2D eigenvalue weighted by Gasteiger charge is -2.18. The summed E-state index contributed by atoms with van der Waals surface area (Å²) in [7, 11) is 0. The molecule has 0 rings (SSSR count). The smallest absolute Gasteiger partial charge is 0.160 e. The molecule has 0 amide bonds. The first-order valence-corrected chi connectivity index (χ1v) is 3.16. The fraction of sp³-hybridized carbons (Fsp3) is 0.833. The van der Waals surface area contributed by atoms with Crippen molar-refractivity contribution in [1.82, 2.24) is 0 Å². The monoisotopic (exact) mass is 164 g/mol. The van der Waals surface area contributed by atoms with Crippen LogP contribution in [0.5, 0.6) is 0 Å². The van der Waals surface area contributed by atoms with E-state index in [0.717, 1.165) is 6.92 Å². The molecule has 0 aromatic carbocycles. The van der Waals surface area contributed by atoms with Crippen molar-refractivity contribution in [3.8, 4) is 0 Å². The van der Waals surface area contributed by atoms with E-state index in [4.69, 9.17) is 20.4 Å². The highest BCUT2D eigenvalue weighted by atomic mass is 16.4. The maximum absolute atomic E-state index is 10.4. The Labute approximate surface area is 63.9 Å². The van der Waals surface area contributed by atoms with Gasteiger partial charge in [0.2, 0.25) is 0 Å². The van der Waals surface area contributed by atoms with Crippen LogP contribution in [0.3, 0.4) is 0 Å². The summed E-state index contributed by atoms with van der Waals surface area (Å²) in [6, 6.07) is 0. The number of hydrogen-bond donors (Lipinski definition) is 4. The Balaban J connectivity index is 4.00. The van der Waals surface area contributed by atoms with Crippen LogP contribution in [0.2, 0.25) is 0 Å². The second-order valence-corrected chi connectivity index (χ2v) is 2.30. The Morgan fingerprint density at radius 3 is 2.09 bits per heavy atom. The van der Waals surface area contributed by atoms with Gasteiger partial charge >= 0.3 is 0 Å². The third kappa shape index (κ3) is 2.94. The quantitative estimate of drug-likeness (QED) is 0.373. The normalized spacial score (nSPS) is 19.0. The third-order valence-corrected chi connectivity index (χ3v) is 1.32. The zero-order valence-corrected chi connectivity index (χ0v) is 6.14. The van der Waals surface area contributed by atoms with E-state index in [9.17, 15) is 4.79 Å². The largest absolute Gasteiger partial charge is 0.394 e. The predicted molar refractivity (Wildman–Crippen MR) is 35.8 cm³/mol. The molecule has 3 atom stereocenters. The van der Waals surface area contributed by atoms with Crippen LogP contribution < -0.4 is 0 Å². The lowest BCUT2D eigenvalue weighted by atomic mass is 10.1. The van der Waals surface area contributed by atoms with Gasteiger partial charge in [0.1, 0.15) is 18.3 Å². The summed E-state index contributed by atoms with van der Waals surface area (Å²) in [5.74, 6) is -0.648. The van der Waals surface area contributed by atoms with E-state index < -0.39 is 30.7 Å². The lowest BCUT2D eigenvalue weighted by molar-refractivity contribution is -0.137. The molecule has 0 radical (unpaired) electrons. The SMILES string of the molecule is CC(=O)C(O)C(O)C(O)CO. The number of Topliss-reactive ketones (excluding diaryl/α,β-unsaturated/α-hetero) is 1. The molecule has 3 unspecified atom stereocenters. The Hall–Kier alpha value is -0.490. The highest BCUT2D eigenvalue weighted by Gasteiger charge is 2.26. The fourth-order valence-electron chi connectivity index (χ4n) is 0.559. The first kappa shape index (κ1) is 10.5. The van der Waals surface area contributed by atoms with Gasteiger partial charge in [-0.05, 0) is 6.92 Å². The number of ketones is 1. The minimum absolute atomic E-state index is 0.648. The Morgan fingerprint density at radius 2 is 1.82 bits per heavy atom. The second kappa shape index (κ2) is 4.40.